The minimum Gasteiger partial charge on any atom is -0.496 e. The van der Waals surface area contributed by atoms with Crippen molar-refractivity contribution in [2.24, 2.45) is 11.5 Å². The maximum absolute atomic E-state index is 12.2. The smallest absolute Gasteiger partial charge is 0.252 e. The van der Waals surface area contributed by atoms with Gasteiger partial charge in [-0.05, 0) is 32.0 Å². The lowest BCUT2D eigenvalue weighted by Gasteiger charge is -2.24. The van der Waals surface area contributed by atoms with Crippen molar-refractivity contribution in [3.8, 4) is 5.75 Å². The predicted molar refractivity (Wildman–Crippen MR) is 82.2 cm³/mol. The Morgan fingerprint density at radius 1 is 1.38 bits per heavy atom. The number of halogens is 1. The largest absolute Gasteiger partial charge is 0.496 e. The van der Waals surface area contributed by atoms with E-state index in [9.17, 15) is 13.2 Å². The normalized spacial score (nSPS) is 11.6. The molecule has 0 aromatic heterocycles. The highest BCUT2D eigenvalue weighted by molar-refractivity contribution is 7.89. The van der Waals surface area contributed by atoms with Crippen LogP contribution in [0.5, 0.6) is 5.75 Å². The van der Waals surface area contributed by atoms with Crippen LogP contribution in [0.1, 0.15) is 24.2 Å². The van der Waals surface area contributed by atoms with Crippen LogP contribution in [0.2, 0.25) is 0 Å². The summed E-state index contributed by atoms with van der Waals surface area (Å²) in [4.78, 5) is 11.2. The molecule has 0 unspecified atom stereocenters. The van der Waals surface area contributed by atoms with Crippen LogP contribution in [-0.4, -0.2) is 33.5 Å². The average Bonchev–Trinajstić information content (AvgIpc) is 2.36. The number of carbonyl (C=O) groups is 1. The van der Waals surface area contributed by atoms with E-state index in [2.05, 4.69) is 4.72 Å². The maximum atomic E-state index is 12.2. The van der Waals surface area contributed by atoms with Crippen molar-refractivity contribution in [2.75, 3.05) is 13.7 Å². The van der Waals surface area contributed by atoms with E-state index in [4.69, 9.17) is 16.2 Å². The Bertz CT molecular complexity index is 617. The molecule has 0 aliphatic rings. The highest BCUT2D eigenvalue weighted by Crippen LogP contribution is 2.22. The Morgan fingerprint density at radius 2 is 1.95 bits per heavy atom. The fourth-order valence-electron chi connectivity index (χ4n) is 1.51. The molecule has 0 bridgehead atoms. The molecule has 21 heavy (non-hydrogen) atoms. The van der Waals surface area contributed by atoms with Gasteiger partial charge in [0.1, 0.15) is 5.75 Å². The standard InChI is InChI=1S/C12H19N3O4S.ClH/c1-12(2,7-13)15-20(17,18)8-4-5-10(19-3)9(6-8)11(14)16;/h4-6,15H,7,13H2,1-3H3,(H2,14,16);1H. The molecule has 5 N–H and O–H groups in total. The van der Waals surface area contributed by atoms with Gasteiger partial charge in [-0.25, -0.2) is 13.1 Å². The number of primary amides is 1. The highest BCUT2D eigenvalue weighted by Gasteiger charge is 2.26. The van der Waals surface area contributed by atoms with Crippen molar-refractivity contribution in [1.82, 2.24) is 4.72 Å². The van der Waals surface area contributed by atoms with Crippen LogP contribution >= 0.6 is 12.4 Å². The lowest BCUT2D eigenvalue weighted by Crippen LogP contribution is -2.48. The molecule has 0 spiro atoms. The van der Waals surface area contributed by atoms with Gasteiger partial charge < -0.3 is 16.2 Å². The van der Waals surface area contributed by atoms with Crippen molar-refractivity contribution in [1.29, 1.82) is 0 Å². The van der Waals surface area contributed by atoms with Crippen molar-refractivity contribution < 1.29 is 17.9 Å². The van der Waals surface area contributed by atoms with Crippen LogP contribution in [0.25, 0.3) is 0 Å². The number of amides is 1. The second-order valence-electron chi connectivity index (χ2n) is 4.92. The van der Waals surface area contributed by atoms with Crippen molar-refractivity contribution >= 4 is 28.3 Å². The summed E-state index contributed by atoms with van der Waals surface area (Å²) in [6.45, 7) is 3.44. The quantitative estimate of drug-likeness (QED) is 0.685. The molecular weight excluding hydrogens is 318 g/mol. The minimum absolute atomic E-state index is 0. The number of carbonyl (C=O) groups excluding carboxylic acids is 1. The molecule has 0 radical (unpaired) electrons. The van der Waals surface area contributed by atoms with Crippen molar-refractivity contribution in [3.05, 3.63) is 23.8 Å². The first-order valence-corrected chi connectivity index (χ1v) is 7.33. The molecule has 0 aliphatic heterocycles. The van der Waals surface area contributed by atoms with Gasteiger partial charge in [0.05, 0.1) is 17.6 Å². The second-order valence-corrected chi connectivity index (χ2v) is 6.60. The Kier molecular flexibility index (Phi) is 6.62. The van der Waals surface area contributed by atoms with Gasteiger partial charge in [0, 0.05) is 12.1 Å². The number of ether oxygens (including phenoxy) is 1. The second kappa shape index (κ2) is 7.08. The Hall–Kier alpha value is -1.35. The summed E-state index contributed by atoms with van der Waals surface area (Å²) < 4.78 is 31.9. The first kappa shape index (κ1) is 19.7. The third-order valence-corrected chi connectivity index (χ3v) is 4.36. The summed E-state index contributed by atoms with van der Waals surface area (Å²) in [5.41, 5.74) is 9.90. The summed E-state index contributed by atoms with van der Waals surface area (Å²) >= 11 is 0. The van der Waals surface area contributed by atoms with Gasteiger partial charge in [0.15, 0.2) is 0 Å². The number of sulfonamides is 1. The molecule has 1 aromatic carbocycles. The monoisotopic (exact) mass is 337 g/mol. The molecule has 1 rings (SSSR count). The lowest BCUT2D eigenvalue weighted by atomic mass is 10.1. The third kappa shape index (κ3) is 4.85. The van der Waals surface area contributed by atoms with Crippen LogP contribution in [0.15, 0.2) is 23.1 Å². The van der Waals surface area contributed by atoms with Crippen LogP contribution in [0, 0.1) is 0 Å². The van der Waals surface area contributed by atoms with E-state index >= 15 is 0 Å². The number of methoxy groups -OCH3 is 1. The molecule has 0 saturated heterocycles. The Balaban J connectivity index is 0.00000400. The van der Waals surface area contributed by atoms with Gasteiger partial charge in [0.25, 0.3) is 5.91 Å². The number of hydrogen-bond acceptors (Lipinski definition) is 5. The summed E-state index contributed by atoms with van der Waals surface area (Å²) in [5, 5.41) is 0. The van der Waals surface area contributed by atoms with E-state index in [1.54, 1.807) is 13.8 Å². The zero-order valence-corrected chi connectivity index (χ0v) is 13.7. The number of rotatable bonds is 6. The zero-order valence-electron chi connectivity index (χ0n) is 12.0. The van der Waals surface area contributed by atoms with Gasteiger partial charge in [-0.1, -0.05) is 0 Å². The molecule has 7 nitrogen and oxygen atoms in total. The van der Waals surface area contributed by atoms with E-state index in [0.29, 0.717) is 0 Å². The van der Waals surface area contributed by atoms with Gasteiger partial charge in [-0.3, -0.25) is 4.79 Å². The molecule has 120 valence electrons. The van der Waals surface area contributed by atoms with Crippen LogP contribution in [-0.2, 0) is 10.0 Å². The van der Waals surface area contributed by atoms with Gasteiger partial charge in [-0.15, -0.1) is 12.4 Å². The number of hydrogen-bond donors (Lipinski definition) is 3. The molecule has 1 amide bonds. The highest BCUT2D eigenvalue weighted by atomic mass is 35.5. The average molecular weight is 338 g/mol. The van der Waals surface area contributed by atoms with E-state index < -0.39 is 21.5 Å². The molecular formula is C12H20ClN3O4S. The van der Waals surface area contributed by atoms with Crippen LogP contribution < -0.4 is 20.9 Å². The number of nitrogens with one attached hydrogen (secondary N) is 1. The predicted octanol–water partition coefficient (Wildman–Crippen LogP) is 0.231. The fourth-order valence-corrected chi connectivity index (χ4v) is 2.96. The SMILES string of the molecule is COc1ccc(S(=O)(=O)NC(C)(C)CN)cc1C(N)=O.Cl. The Morgan fingerprint density at radius 3 is 2.38 bits per heavy atom. The summed E-state index contributed by atoms with van der Waals surface area (Å²) in [5.74, 6) is -0.550. The van der Waals surface area contributed by atoms with Crippen molar-refractivity contribution in [3.63, 3.8) is 0 Å². The molecule has 9 heteroatoms. The fraction of sp³-hybridized carbons (Fsp3) is 0.417. The maximum Gasteiger partial charge on any atom is 0.252 e. The van der Waals surface area contributed by atoms with Crippen LogP contribution in [0.3, 0.4) is 0 Å². The zero-order chi connectivity index (χ0) is 15.6. The first-order valence-electron chi connectivity index (χ1n) is 5.85. The minimum atomic E-state index is -3.80. The molecule has 1 aromatic rings. The number of benzene rings is 1. The number of nitrogens with two attached hydrogens (primary N) is 2. The molecule has 0 aliphatic carbocycles. The molecule has 0 atom stereocenters. The first-order chi connectivity index (χ1) is 9.13. The lowest BCUT2D eigenvalue weighted by molar-refractivity contribution is 0.0997. The molecule has 0 heterocycles. The van der Waals surface area contributed by atoms with E-state index in [-0.39, 0.29) is 35.2 Å². The topological polar surface area (TPSA) is 125 Å². The van der Waals surface area contributed by atoms with Gasteiger partial charge >= 0.3 is 0 Å². The van der Waals surface area contributed by atoms with E-state index in [1.165, 1.54) is 25.3 Å². The molecule has 0 saturated carbocycles. The Labute approximate surface area is 130 Å². The third-order valence-electron chi connectivity index (χ3n) is 2.67. The van der Waals surface area contributed by atoms with Gasteiger partial charge in [0.2, 0.25) is 10.0 Å². The van der Waals surface area contributed by atoms with E-state index in [0.717, 1.165) is 0 Å². The molecule has 0 fully saturated rings. The summed E-state index contributed by atoms with van der Waals surface area (Å²) in [6, 6.07) is 3.89. The van der Waals surface area contributed by atoms with Crippen LogP contribution in [0.4, 0.5) is 0 Å². The van der Waals surface area contributed by atoms with Gasteiger partial charge in [-0.2, -0.15) is 0 Å². The van der Waals surface area contributed by atoms with E-state index in [1.807, 2.05) is 0 Å². The summed E-state index contributed by atoms with van der Waals surface area (Å²) in [6.07, 6.45) is 0. The summed E-state index contributed by atoms with van der Waals surface area (Å²) in [7, 11) is -2.44. The van der Waals surface area contributed by atoms with Crippen molar-refractivity contribution in [2.45, 2.75) is 24.3 Å².